The Morgan fingerprint density at radius 2 is 1.88 bits per heavy atom. The molecule has 2 atom stereocenters. The van der Waals surface area contributed by atoms with Crippen LogP contribution >= 0.6 is 0 Å². The predicted molar refractivity (Wildman–Crippen MR) is 91.2 cm³/mol. The molecule has 4 rings (SSSR count). The smallest absolute Gasteiger partial charge is 0.278 e. The van der Waals surface area contributed by atoms with Crippen LogP contribution in [0.5, 0.6) is 0 Å². The molecule has 1 aromatic heterocycles. The van der Waals surface area contributed by atoms with Crippen molar-refractivity contribution in [3.63, 3.8) is 0 Å². The van der Waals surface area contributed by atoms with Crippen LogP contribution in [0.1, 0.15) is 23.7 Å². The van der Waals surface area contributed by atoms with Crippen molar-refractivity contribution in [3.8, 4) is 0 Å². The lowest BCUT2D eigenvalue weighted by molar-refractivity contribution is -0.126. The van der Waals surface area contributed by atoms with Gasteiger partial charge >= 0.3 is 0 Å². The van der Waals surface area contributed by atoms with Crippen molar-refractivity contribution in [3.05, 3.63) is 47.3 Å². The Kier molecular flexibility index (Phi) is 3.45. The molecule has 3 heterocycles. The molecule has 2 aliphatic rings. The Hall–Kier alpha value is -2.96. The molecular weight excluding hydrogens is 320 g/mol. The van der Waals surface area contributed by atoms with E-state index in [1.165, 1.54) is 4.90 Å². The molecule has 7 heteroatoms. The number of aryl methyl sites for hydroxylation is 3. The highest BCUT2D eigenvalue weighted by molar-refractivity contribution is 6.32. The molecule has 0 aliphatic carbocycles. The van der Waals surface area contributed by atoms with Gasteiger partial charge in [-0.15, -0.1) is 0 Å². The van der Waals surface area contributed by atoms with E-state index in [4.69, 9.17) is 4.84 Å². The molecule has 1 fully saturated rings. The van der Waals surface area contributed by atoms with Crippen LogP contribution in [0.25, 0.3) is 0 Å². The predicted octanol–water partition coefficient (Wildman–Crippen LogP) is 1.58. The molecule has 0 unspecified atom stereocenters. The summed E-state index contributed by atoms with van der Waals surface area (Å²) >= 11 is 0. The minimum atomic E-state index is -0.895. The summed E-state index contributed by atoms with van der Waals surface area (Å²) in [4.78, 5) is 32.2. The van der Waals surface area contributed by atoms with E-state index < -0.39 is 12.0 Å². The fourth-order valence-corrected chi connectivity index (χ4v) is 3.39. The van der Waals surface area contributed by atoms with E-state index in [2.05, 4.69) is 17.2 Å². The summed E-state index contributed by atoms with van der Waals surface area (Å²) in [5, 5.41) is 8.30. The number of benzene rings is 1. The van der Waals surface area contributed by atoms with Crippen molar-refractivity contribution in [2.75, 3.05) is 4.90 Å². The summed E-state index contributed by atoms with van der Waals surface area (Å²) in [5.74, 6) is -1.40. The summed E-state index contributed by atoms with van der Waals surface area (Å²) in [6.45, 7) is 3.89. The normalized spacial score (nSPS) is 22.2. The number of oxime groups is 1. The van der Waals surface area contributed by atoms with E-state index in [0.29, 0.717) is 11.4 Å². The lowest BCUT2D eigenvalue weighted by Gasteiger charge is -2.15. The van der Waals surface area contributed by atoms with Crippen LogP contribution < -0.4 is 4.90 Å². The molecule has 0 radical (unpaired) electrons. The summed E-state index contributed by atoms with van der Waals surface area (Å²) in [6.07, 6.45) is 1.79. The first kappa shape index (κ1) is 15.6. The lowest BCUT2D eigenvalue weighted by Crippen LogP contribution is -2.33. The van der Waals surface area contributed by atoms with Crippen molar-refractivity contribution < 1.29 is 14.4 Å². The summed E-state index contributed by atoms with van der Waals surface area (Å²) < 4.78 is 1.66. The van der Waals surface area contributed by atoms with Gasteiger partial charge in [0.2, 0.25) is 12.0 Å². The molecule has 0 bridgehead atoms. The molecule has 2 aromatic rings. The van der Waals surface area contributed by atoms with Crippen LogP contribution in [0.15, 0.2) is 35.6 Å². The second kappa shape index (κ2) is 5.54. The van der Waals surface area contributed by atoms with Crippen LogP contribution in [0.3, 0.4) is 0 Å². The third-order valence-corrected chi connectivity index (χ3v) is 4.70. The van der Waals surface area contributed by atoms with Gasteiger partial charge in [-0.1, -0.05) is 24.2 Å². The SMILES string of the molecule is CCc1ccc(N2C(=O)[C@H]3C(c4cn(C)nc4C)=NO[C@H]3C2=O)cc1. The molecule has 0 spiro atoms. The second-order valence-corrected chi connectivity index (χ2v) is 6.31. The zero-order valence-corrected chi connectivity index (χ0v) is 14.3. The van der Waals surface area contributed by atoms with Gasteiger partial charge in [0, 0.05) is 18.8 Å². The molecule has 1 saturated heterocycles. The van der Waals surface area contributed by atoms with Gasteiger partial charge in [-0.25, -0.2) is 4.90 Å². The molecule has 0 N–H and O–H groups in total. The Bertz CT molecular complexity index is 898. The molecule has 2 aliphatic heterocycles. The Morgan fingerprint density at radius 3 is 2.48 bits per heavy atom. The first-order chi connectivity index (χ1) is 12.0. The molecular formula is C18H18N4O3. The molecule has 2 amide bonds. The van der Waals surface area contributed by atoms with Crippen LogP contribution in [0, 0.1) is 12.8 Å². The van der Waals surface area contributed by atoms with Crippen molar-refractivity contribution in [1.29, 1.82) is 0 Å². The average Bonchev–Trinajstić information content (AvgIpc) is 3.24. The summed E-state index contributed by atoms with van der Waals surface area (Å²) in [6, 6.07) is 7.43. The van der Waals surface area contributed by atoms with E-state index in [9.17, 15) is 9.59 Å². The standard InChI is InChI=1S/C18H18N4O3/c1-4-11-5-7-12(8-6-11)22-17(23)14-15(20-25-16(14)18(22)24)13-9-21(3)19-10(13)2/h5-9,14,16H,4H2,1-3H3/t14-,16+/m0/s1. The molecule has 25 heavy (non-hydrogen) atoms. The topological polar surface area (TPSA) is 76.8 Å². The number of aromatic nitrogens is 2. The number of rotatable bonds is 3. The number of fused-ring (bicyclic) bond motifs is 1. The maximum Gasteiger partial charge on any atom is 0.278 e. The number of carbonyl (C=O) groups excluding carboxylic acids is 2. The summed E-state index contributed by atoms with van der Waals surface area (Å²) in [5.41, 5.74) is 3.66. The van der Waals surface area contributed by atoms with Crippen LogP contribution in [0.2, 0.25) is 0 Å². The maximum atomic E-state index is 13.0. The van der Waals surface area contributed by atoms with E-state index in [-0.39, 0.29) is 11.8 Å². The second-order valence-electron chi connectivity index (χ2n) is 6.31. The van der Waals surface area contributed by atoms with Crippen LogP contribution in [0.4, 0.5) is 5.69 Å². The van der Waals surface area contributed by atoms with E-state index in [1.807, 2.05) is 19.1 Å². The van der Waals surface area contributed by atoms with Gasteiger partial charge in [0.25, 0.3) is 5.91 Å². The Morgan fingerprint density at radius 1 is 1.16 bits per heavy atom. The number of hydrogen-bond acceptors (Lipinski definition) is 5. The highest BCUT2D eigenvalue weighted by Crippen LogP contribution is 2.35. The van der Waals surface area contributed by atoms with Crippen LogP contribution in [-0.4, -0.2) is 33.4 Å². The third kappa shape index (κ3) is 2.26. The number of anilines is 1. The first-order valence-electron chi connectivity index (χ1n) is 8.22. The first-order valence-corrected chi connectivity index (χ1v) is 8.22. The van der Waals surface area contributed by atoms with Crippen molar-refractivity contribution in [2.45, 2.75) is 26.4 Å². The zero-order chi connectivity index (χ0) is 17.7. The van der Waals surface area contributed by atoms with Crippen LogP contribution in [-0.2, 0) is 27.9 Å². The van der Waals surface area contributed by atoms with E-state index >= 15 is 0 Å². The third-order valence-electron chi connectivity index (χ3n) is 4.70. The van der Waals surface area contributed by atoms with Gasteiger partial charge in [0.1, 0.15) is 11.6 Å². The van der Waals surface area contributed by atoms with Gasteiger partial charge in [0.05, 0.1) is 11.4 Å². The van der Waals surface area contributed by atoms with Gasteiger partial charge < -0.3 is 4.84 Å². The highest BCUT2D eigenvalue weighted by atomic mass is 16.6. The number of carbonyl (C=O) groups is 2. The van der Waals surface area contributed by atoms with Crippen molar-refractivity contribution in [1.82, 2.24) is 9.78 Å². The Balaban J connectivity index is 1.69. The largest absolute Gasteiger partial charge is 0.381 e. The highest BCUT2D eigenvalue weighted by Gasteiger charge is 2.56. The van der Waals surface area contributed by atoms with Gasteiger partial charge in [-0.05, 0) is 31.0 Å². The Labute approximate surface area is 144 Å². The van der Waals surface area contributed by atoms with E-state index in [0.717, 1.165) is 23.2 Å². The number of hydrogen-bond donors (Lipinski definition) is 0. The van der Waals surface area contributed by atoms with Gasteiger partial charge in [0.15, 0.2) is 0 Å². The minimum absolute atomic E-state index is 0.307. The fraction of sp³-hybridized carbons (Fsp3) is 0.333. The maximum absolute atomic E-state index is 13.0. The lowest BCUT2D eigenvalue weighted by atomic mass is 9.94. The number of nitrogens with zero attached hydrogens (tertiary/aromatic N) is 4. The molecule has 1 aromatic carbocycles. The van der Waals surface area contributed by atoms with Crippen molar-refractivity contribution >= 4 is 23.2 Å². The van der Waals surface area contributed by atoms with Gasteiger partial charge in [-0.2, -0.15) is 5.10 Å². The minimum Gasteiger partial charge on any atom is -0.381 e. The molecule has 0 saturated carbocycles. The molecule has 7 nitrogen and oxygen atoms in total. The average molecular weight is 338 g/mol. The number of imide groups is 1. The van der Waals surface area contributed by atoms with E-state index in [1.54, 1.807) is 30.1 Å². The van der Waals surface area contributed by atoms with Crippen molar-refractivity contribution in [2.24, 2.45) is 18.1 Å². The fourth-order valence-electron chi connectivity index (χ4n) is 3.39. The van der Waals surface area contributed by atoms with Gasteiger partial charge in [-0.3, -0.25) is 14.3 Å². The quantitative estimate of drug-likeness (QED) is 0.796. The molecule has 128 valence electrons. The summed E-state index contributed by atoms with van der Waals surface area (Å²) in [7, 11) is 1.80. The number of amides is 2. The zero-order valence-electron chi connectivity index (χ0n) is 14.3. The monoisotopic (exact) mass is 338 g/mol.